The number of amides is 1. The molecule has 0 radical (unpaired) electrons. The highest BCUT2D eigenvalue weighted by atomic mass is 16.4. The average Bonchev–Trinajstić information content (AvgIpc) is 2.41. The number of hydrogen-bond acceptors (Lipinski definition) is 4. The van der Waals surface area contributed by atoms with E-state index in [4.69, 9.17) is 10.4 Å². The van der Waals surface area contributed by atoms with Gasteiger partial charge in [0.05, 0.1) is 18.1 Å². The van der Waals surface area contributed by atoms with Gasteiger partial charge >= 0.3 is 5.97 Å². The van der Waals surface area contributed by atoms with E-state index in [1.165, 1.54) is 0 Å². The monoisotopic (exact) mass is 259 g/mol. The Morgan fingerprint density at radius 1 is 1.47 bits per heavy atom. The highest BCUT2D eigenvalue weighted by Gasteiger charge is 2.31. The SMILES string of the molecule is N#Cc1ccc(N2CCNC(=O)C2CC(=O)O)cc1. The number of nitrogens with zero attached hydrogens (tertiary/aromatic N) is 2. The van der Waals surface area contributed by atoms with Crippen molar-refractivity contribution in [2.45, 2.75) is 12.5 Å². The van der Waals surface area contributed by atoms with Gasteiger partial charge in [-0.25, -0.2) is 0 Å². The van der Waals surface area contributed by atoms with E-state index in [1.807, 2.05) is 6.07 Å². The maximum Gasteiger partial charge on any atom is 0.305 e. The van der Waals surface area contributed by atoms with E-state index in [2.05, 4.69) is 5.32 Å². The molecular formula is C13H13N3O3. The minimum Gasteiger partial charge on any atom is -0.481 e. The van der Waals surface area contributed by atoms with Crippen LogP contribution in [-0.2, 0) is 9.59 Å². The molecular weight excluding hydrogens is 246 g/mol. The van der Waals surface area contributed by atoms with Crippen molar-refractivity contribution in [1.82, 2.24) is 5.32 Å². The Morgan fingerprint density at radius 2 is 2.16 bits per heavy atom. The number of anilines is 1. The molecule has 2 rings (SSSR count). The van der Waals surface area contributed by atoms with Crippen molar-refractivity contribution < 1.29 is 14.7 Å². The van der Waals surface area contributed by atoms with E-state index in [0.717, 1.165) is 5.69 Å². The molecule has 1 amide bonds. The summed E-state index contributed by atoms with van der Waals surface area (Å²) in [4.78, 5) is 24.4. The van der Waals surface area contributed by atoms with Gasteiger partial charge in [-0.15, -0.1) is 0 Å². The van der Waals surface area contributed by atoms with Crippen molar-refractivity contribution in [3.05, 3.63) is 29.8 Å². The molecule has 1 aromatic carbocycles. The molecule has 0 aromatic heterocycles. The average molecular weight is 259 g/mol. The van der Waals surface area contributed by atoms with Crippen LogP contribution in [0.15, 0.2) is 24.3 Å². The molecule has 1 saturated heterocycles. The molecule has 6 heteroatoms. The highest BCUT2D eigenvalue weighted by molar-refractivity contribution is 5.90. The number of rotatable bonds is 3. The van der Waals surface area contributed by atoms with Crippen LogP contribution in [0.5, 0.6) is 0 Å². The van der Waals surface area contributed by atoms with Gasteiger partial charge in [-0.3, -0.25) is 9.59 Å². The van der Waals surface area contributed by atoms with Crippen molar-refractivity contribution >= 4 is 17.6 Å². The molecule has 2 N–H and O–H groups in total. The second kappa shape index (κ2) is 5.40. The fraction of sp³-hybridized carbons (Fsp3) is 0.308. The van der Waals surface area contributed by atoms with Gasteiger partial charge in [0.25, 0.3) is 0 Å². The first-order chi connectivity index (χ1) is 9.11. The van der Waals surface area contributed by atoms with Crippen molar-refractivity contribution in [1.29, 1.82) is 5.26 Å². The van der Waals surface area contributed by atoms with Gasteiger partial charge in [-0.2, -0.15) is 5.26 Å². The van der Waals surface area contributed by atoms with Gasteiger partial charge in [0, 0.05) is 18.8 Å². The van der Waals surface area contributed by atoms with E-state index in [1.54, 1.807) is 29.2 Å². The van der Waals surface area contributed by atoms with Gasteiger partial charge in [0.2, 0.25) is 5.91 Å². The molecule has 0 spiro atoms. The summed E-state index contributed by atoms with van der Waals surface area (Å²) < 4.78 is 0. The van der Waals surface area contributed by atoms with E-state index in [-0.39, 0.29) is 12.3 Å². The van der Waals surface area contributed by atoms with E-state index in [9.17, 15) is 9.59 Å². The third-order valence-electron chi connectivity index (χ3n) is 3.03. The summed E-state index contributed by atoms with van der Waals surface area (Å²) in [5.74, 6) is -1.29. The summed E-state index contributed by atoms with van der Waals surface area (Å²) in [5.41, 5.74) is 1.28. The molecule has 1 unspecified atom stereocenters. The molecule has 1 aliphatic rings. The number of benzene rings is 1. The van der Waals surface area contributed by atoms with E-state index in [0.29, 0.717) is 18.7 Å². The van der Waals surface area contributed by atoms with Crippen molar-refractivity contribution in [3.63, 3.8) is 0 Å². The summed E-state index contributed by atoms with van der Waals surface area (Å²) in [6, 6.07) is 8.07. The van der Waals surface area contributed by atoms with Crippen LogP contribution in [0, 0.1) is 11.3 Å². The number of carbonyl (C=O) groups excluding carboxylic acids is 1. The first-order valence-electron chi connectivity index (χ1n) is 5.88. The quantitative estimate of drug-likeness (QED) is 0.816. The second-order valence-electron chi connectivity index (χ2n) is 4.26. The van der Waals surface area contributed by atoms with Crippen molar-refractivity contribution in [2.24, 2.45) is 0 Å². The van der Waals surface area contributed by atoms with Crippen LogP contribution in [-0.4, -0.2) is 36.1 Å². The number of aliphatic carboxylic acids is 1. The maximum absolute atomic E-state index is 11.8. The first-order valence-corrected chi connectivity index (χ1v) is 5.88. The largest absolute Gasteiger partial charge is 0.481 e. The highest BCUT2D eigenvalue weighted by Crippen LogP contribution is 2.21. The Hall–Kier alpha value is -2.55. The molecule has 1 heterocycles. The predicted octanol–water partition coefficient (Wildman–Crippen LogP) is 0.338. The van der Waals surface area contributed by atoms with Crippen LogP contribution >= 0.6 is 0 Å². The van der Waals surface area contributed by atoms with Crippen LogP contribution in [0.2, 0.25) is 0 Å². The third kappa shape index (κ3) is 2.83. The lowest BCUT2D eigenvalue weighted by molar-refractivity contribution is -0.139. The smallest absolute Gasteiger partial charge is 0.305 e. The minimum atomic E-state index is -1.01. The summed E-state index contributed by atoms with van der Waals surface area (Å²) in [7, 11) is 0. The van der Waals surface area contributed by atoms with Gasteiger partial charge in [0.15, 0.2) is 0 Å². The number of hydrogen-bond donors (Lipinski definition) is 2. The summed E-state index contributed by atoms with van der Waals surface area (Å²) in [6.07, 6.45) is -0.244. The van der Waals surface area contributed by atoms with Crippen molar-refractivity contribution in [3.8, 4) is 6.07 Å². The number of nitrogens with one attached hydrogen (secondary N) is 1. The third-order valence-corrected chi connectivity index (χ3v) is 3.03. The Labute approximate surface area is 110 Å². The zero-order valence-electron chi connectivity index (χ0n) is 10.2. The number of carboxylic acid groups (broad SMARTS) is 1. The van der Waals surface area contributed by atoms with Gasteiger partial charge in [-0.1, -0.05) is 0 Å². The molecule has 6 nitrogen and oxygen atoms in total. The molecule has 19 heavy (non-hydrogen) atoms. The zero-order chi connectivity index (χ0) is 13.8. The predicted molar refractivity (Wildman–Crippen MR) is 67.6 cm³/mol. The van der Waals surface area contributed by atoms with Gasteiger partial charge in [0.1, 0.15) is 6.04 Å². The molecule has 1 aromatic rings. The lowest BCUT2D eigenvalue weighted by Gasteiger charge is -2.36. The summed E-state index contributed by atoms with van der Waals surface area (Å²) >= 11 is 0. The number of carboxylic acids is 1. The Morgan fingerprint density at radius 3 is 2.74 bits per heavy atom. The fourth-order valence-corrected chi connectivity index (χ4v) is 2.12. The number of piperazine rings is 1. The molecule has 0 saturated carbocycles. The van der Waals surface area contributed by atoms with Crippen molar-refractivity contribution in [2.75, 3.05) is 18.0 Å². The summed E-state index contributed by atoms with van der Waals surface area (Å²) in [5, 5.41) is 20.3. The maximum atomic E-state index is 11.8. The standard InChI is InChI=1S/C13H13N3O3/c14-8-9-1-3-10(4-2-9)16-6-5-15-13(19)11(16)7-12(17)18/h1-4,11H,5-7H2,(H,15,19)(H,17,18). The molecule has 1 atom stereocenters. The minimum absolute atomic E-state index is 0.244. The van der Waals surface area contributed by atoms with E-state index < -0.39 is 12.0 Å². The topological polar surface area (TPSA) is 93.4 Å². The summed E-state index contributed by atoms with van der Waals surface area (Å²) in [6.45, 7) is 1.03. The Balaban J connectivity index is 2.25. The fourth-order valence-electron chi connectivity index (χ4n) is 2.12. The van der Waals surface area contributed by atoms with Gasteiger partial charge < -0.3 is 15.3 Å². The Kier molecular flexibility index (Phi) is 3.66. The molecule has 1 aliphatic heterocycles. The van der Waals surface area contributed by atoms with Crippen LogP contribution < -0.4 is 10.2 Å². The molecule has 1 fully saturated rings. The Bertz CT molecular complexity index is 533. The first kappa shape index (κ1) is 12.9. The molecule has 0 bridgehead atoms. The normalized spacial score (nSPS) is 18.6. The number of nitriles is 1. The van der Waals surface area contributed by atoms with Gasteiger partial charge in [-0.05, 0) is 24.3 Å². The zero-order valence-corrected chi connectivity index (χ0v) is 10.2. The lowest BCUT2D eigenvalue weighted by atomic mass is 10.1. The van der Waals surface area contributed by atoms with Crippen LogP contribution in [0.4, 0.5) is 5.69 Å². The second-order valence-corrected chi connectivity index (χ2v) is 4.26. The number of carbonyl (C=O) groups is 2. The van der Waals surface area contributed by atoms with Crippen LogP contribution in [0.25, 0.3) is 0 Å². The lowest BCUT2D eigenvalue weighted by Crippen LogP contribution is -2.56. The van der Waals surface area contributed by atoms with Crippen LogP contribution in [0.1, 0.15) is 12.0 Å². The molecule has 0 aliphatic carbocycles. The molecule has 98 valence electrons. The van der Waals surface area contributed by atoms with E-state index >= 15 is 0 Å². The van der Waals surface area contributed by atoms with Crippen LogP contribution in [0.3, 0.4) is 0 Å².